The Morgan fingerprint density at radius 3 is 2.39 bits per heavy atom. The van der Waals surface area contributed by atoms with Crippen molar-refractivity contribution in [2.24, 2.45) is 5.73 Å². The van der Waals surface area contributed by atoms with Crippen molar-refractivity contribution in [1.29, 1.82) is 0 Å². The van der Waals surface area contributed by atoms with Crippen molar-refractivity contribution in [2.75, 3.05) is 18.5 Å². The van der Waals surface area contributed by atoms with Gasteiger partial charge in [0.2, 0.25) is 0 Å². The van der Waals surface area contributed by atoms with Crippen LogP contribution in [0.15, 0.2) is 29.2 Å². The number of unbranched alkanes of at least 4 members (excludes halogenated alkanes) is 1. The van der Waals surface area contributed by atoms with Crippen LogP contribution in [0.25, 0.3) is 0 Å². The fraction of sp³-hybridized carbons (Fsp3) is 0.500. The van der Waals surface area contributed by atoms with Gasteiger partial charge in [-0.05, 0) is 49.3 Å². The van der Waals surface area contributed by atoms with Crippen LogP contribution in [-0.2, 0) is 11.0 Å². The van der Waals surface area contributed by atoms with Gasteiger partial charge in [-0.1, -0.05) is 12.1 Å². The lowest BCUT2D eigenvalue weighted by atomic mass is 10.2. The first-order chi connectivity index (χ1) is 8.51. The fourth-order valence-electron chi connectivity index (χ4n) is 1.53. The van der Waals surface area contributed by atoms with E-state index < -0.39 is 7.60 Å². The predicted molar refractivity (Wildman–Crippen MR) is 76.1 cm³/mol. The van der Waals surface area contributed by atoms with Crippen molar-refractivity contribution in [3.8, 4) is 0 Å². The van der Waals surface area contributed by atoms with Gasteiger partial charge in [0.25, 0.3) is 0 Å². The monoisotopic (exact) mass is 289 g/mol. The molecule has 18 heavy (non-hydrogen) atoms. The van der Waals surface area contributed by atoms with Gasteiger partial charge in [0, 0.05) is 11.1 Å². The quantitative estimate of drug-likeness (QED) is 0.388. The topological polar surface area (TPSA) is 83.6 Å². The van der Waals surface area contributed by atoms with E-state index in [9.17, 15) is 4.57 Å². The highest BCUT2D eigenvalue weighted by atomic mass is 32.2. The van der Waals surface area contributed by atoms with Gasteiger partial charge in [-0.25, -0.2) is 0 Å². The molecule has 1 aromatic rings. The Hall–Kier alpha value is -0.320. The molecular weight excluding hydrogens is 269 g/mol. The van der Waals surface area contributed by atoms with E-state index >= 15 is 0 Å². The summed E-state index contributed by atoms with van der Waals surface area (Å²) in [4.78, 5) is 18.6. The zero-order valence-corrected chi connectivity index (χ0v) is 12.0. The smallest absolute Gasteiger partial charge is 0.325 e. The van der Waals surface area contributed by atoms with Crippen molar-refractivity contribution < 1.29 is 14.4 Å². The first-order valence-electron chi connectivity index (χ1n) is 5.97. The molecule has 0 saturated carbocycles. The Bertz CT molecular complexity index is 391. The summed E-state index contributed by atoms with van der Waals surface area (Å²) in [6.45, 7) is 0.662. The third kappa shape index (κ3) is 7.19. The molecule has 0 aliphatic carbocycles. The molecule has 0 heterocycles. The molecule has 0 radical (unpaired) electrons. The van der Waals surface area contributed by atoms with Crippen LogP contribution >= 0.6 is 19.4 Å². The molecule has 0 aliphatic heterocycles. The standard InChI is InChI=1S/C12H20NO3PS/c13-8-7-11-3-5-12(6-4-11)18-10-2-1-9-17(14,15)16/h3-6H,1-2,7-10,13H2,(H2,14,15,16). The van der Waals surface area contributed by atoms with Crippen LogP contribution in [0.1, 0.15) is 18.4 Å². The first-order valence-corrected chi connectivity index (χ1v) is 8.76. The van der Waals surface area contributed by atoms with Crippen molar-refractivity contribution in [2.45, 2.75) is 24.2 Å². The molecule has 4 N–H and O–H groups in total. The summed E-state index contributed by atoms with van der Waals surface area (Å²) in [5, 5.41) is 0. The van der Waals surface area contributed by atoms with Crippen LogP contribution < -0.4 is 5.73 Å². The SMILES string of the molecule is NCCc1ccc(SCCCCP(=O)(O)O)cc1. The number of benzene rings is 1. The van der Waals surface area contributed by atoms with Gasteiger partial charge in [-0.3, -0.25) is 4.57 Å². The van der Waals surface area contributed by atoms with Crippen LogP contribution in [-0.4, -0.2) is 28.2 Å². The molecule has 0 unspecified atom stereocenters. The Kier molecular flexibility index (Phi) is 6.97. The molecule has 0 bridgehead atoms. The Morgan fingerprint density at radius 1 is 1.17 bits per heavy atom. The van der Waals surface area contributed by atoms with E-state index in [-0.39, 0.29) is 6.16 Å². The zero-order chi connectivity index (χ0) is 13.4. The number of hydrogen-bond donors (Lipinski definition) is 3. The fourth-order valence-corrected chi connectivity index (χ4v) is 3.08. The van der Waals surface area contributed by atoms with E-state index in [4.69, 9.17) is 15.5 Å². The lowest BCUT2D eigenvalue weighted by Gasteiger charge is -2.05. The maximum Gasteiger partial charge on any atom is 0.325 e. The molecule has 0 amide bonds. The summed E-state index contributed by atoms with van der Waals surface area (Å²) in [6, 6.07) is 8.28. The lowest BCUT2D eigenvalue weighted by molar-refractivity contribution is 0.371. The Labute approximate surface area is 112 Å². The van der Waals surface area contributed by atoms with E-state index in [1.54, 1.807) is 11.8 Å². The maximum absolute atomic E-state index is 10.6. The molecule has 0 saturated heterocycles. The average molecular weight is 289 g/mol. The summed E-state index contributed by atoms with van der Waals surface area (Å²) in [5.74, 6) is 0.885. The van der Waals surface area contributed by atoms with Gasteiger partial charge < -0.3 is 15.5 Å². The van der Waals surface area contributed by atoms with Gasteiger partial charge >= 0.3 is 7.60 Å². The second-order valence-corrected chi connectivity index (χ2v) is 7.07. The second-order valence-electron chi connectivity index (χ2n) is 4.13. The van der Waals surface area contributed by atoms with Crippen LogP contribution in [0, 0.1) is 0 Å². The van der Waals surface area contributed by atoms with Crippen LogP contribution in [0.4, 0.5) is 0 Å². The Balaban J connectivity index is 2.21. The minimum absolute atomic E-state index is 0.0109. The van der Waals surface area contributed by atoms with E-state index in [0.717, 1.165) is 18.6 Å². The molecular formula is C12H20NO3PS. The summed E-state index contributed by atoms with van der Waals surface area (Å²) in [7, 11) is -3.81. The van der Waals surface area contributed by atoms with Crippen molar-refractivity contribution >= 4 is 19.4 Å². The van der Waals surface area contributed by atoms with E-state index in [1.165, 1.54) is 10.5 Å². The van der Waals surface area contributed by atoms with Gasteiger partial charge in [-0.15, -0.1) is 11.8 Å². The molecule has 0 atom stereocenters. The molecule has 1 aromatic carbocycles. The highest BCUT2D eigenvalue weighted by molar-refractivity contribution is 7.99. The molecule has 0 aliphatic rings. The Morgan fingerprint density at radius 2 is 1.83 bits per heavy atom. The molecule has 0 fully saturated rings. The largest absolute Gasteiger partial charge is 0.330 e. The zero-order valence-electron chi connectivity index (χ0n) is 10.3. The molecule has 0 aromatic heterocycles. The van der Waals surface area contributed by atoms with Gasteiger partial charge in [0.1, 0.15) is 0 Å². The van der Waals surface area contributed by atoms with Crippen LogP contribution in [0.2, 0.25) is 0 Å². The number of hydrogen-bond acceptors (Lipinski definition) is 3. The summed E-state index contributed by atoms with van der Waals surface area (Å²) < 4.78 is 10.6. The molecule has 102 valence electrons. The van der Waals surface area contributed by atoms with Crippen molar-refractivity contribution in [3.63, 3.8) is 0 Å². The van der Waals surface area contributed by atoms with Gasteiger partial charge in [0.05, 0.1) is 0 Å². The summed E-state index contributed by atoms with van der Waals surface area (Å²) >= 11 is 1.71. The highest BCUT2D eigenvalue weighted by Crippen LogP contribution is 2.35. The second kappa shape index (κ2) is 7.97. The van der Waals surface area contributed by atoms with Crippen molar-refractivity contribution in [3.05, 3.63) is 29.8 Å². The van der Waals surface area contributed by atoms with E-state index in [1.807, 2.05) is 0 Å². The van der Waals surface area contributed by atoms with Crippen molar-refractivity contribution in [1.82, 2.24) is 0 Å². The first kappa shape index (κ1) is 15.7. The number of thioether (sulfide) groups is 1. The minimum atomic E-state index is -3.81. The molecule has 6 heteroatoms. The number of rotatable bonds is 8. The third-order valence-electron chi connectivity index (χ3n) is 2.47. The van der Waals surface area contributed by atoms with E-state index in [2.05, 4.69) is 24.3 Å². The highest BCUT2D eigenvalue weighted by Gasteiger charge is 2.11. The lowest BCUT2D eigenvalue weighted by Crippen LogP contribution is -2.02. The molecule has 1 rings (SSSR count). The molecule has 4 nitrogen and oxygen atoms in total. The van der Waals surface area contributed by atoms with Gasteiger partial charge in [-0.2, -0.15) is 0 Å². The minimum Gasteiger partial charge on any atom is -0.330 e. The predicted octanol–water partition coefficient (Wildman–Crippen LogP) is 2.24. The maximum atomic E-state index is 10.6. The average Bonchev–Trinajstić information content (AvgIpc) is 2.30. The number of nitrogens with two attached hydrogens (primary N) is 1. The third-order valence-corrected chi connectivity index (χ3v) is 4.47. The summed E-state index contributed by atoms with van der Waals surface area (Å²) in [6.07, 6.45) is 2.28. The normalized spacial score (nSPS) is 11.7. The van der Waals surface area contributed by atoms with Gasteiger partial charge in [0.15, 0.2) is 0 Å². The van der Waals surface area contributed by atoms with Crippen LogP contribution in [0.3, 0.4) is 0 Å². The summed E-state index contributed by atoms with van der Waals surface area (Å²) in [5.41, 5.74) is 6.72. The van der Waals surface area contributed by atoms with Crippen LogP contribution in [0.5, 0.6) is 0 Å². The molecule has 0 spiro atoms. The van der Waals surface area contributed by atoms with E-state index in [0.29, 0.717) is 13.0 Å².